The Morgan fingerprint density at radius 3 is 2.48 bits per heavy atom. The highest BCUT2D eigenvalue weighted by Crippen LogP contribution is 2.25. The van der Waals surface area contributed by atoms with Crippen LogP contribution in [0, 0.1) is 0 Å². The van der Waals surface area contributed by atoms with Gasteiger partial charge in [-0.15, -0.1) is 0 Å². The van der Waals surface area contributed by atoms with Crippen molar-refractivity contribution in [3.05, 3.63) is 28.8 Å². The minimum Gasteiger partial charge on any atom is -0.310 e. The topological polar surface area (TPSA) is 49.4 Å². The molecule has 0 unspecified atom stereocenters. The number of alkyl halides is 2. The molecule has 0 aromatic heterocycles. The molecule has 0 aliphatic rings. The Morgan fingerprint density at radius 1 is 1.33 bits per heavy atom. The average Bonchev–Trinajstić information content (AvgIpc) is 2.36. The molecule has 0 heterocycles. The highest BCUT2D eigenvalue weighted by Gasteiger charge is 2.26. The van der Waals surface area contributed by atoms with E-state index in [9.17, 15) is 17.2 Å². The third-order valence-electron chi connectivity index (χ3n) is 2.79. The van der Waals surface area contributed by atoms with Crippen molar-refractivity contribution >= 4 is 21.6 Å². The van der Waals surface area contributed by atoms with Gasteiger partial charge in [0, 0.05) is 19.6 Å². The number of sulfonamides is 1. The molecule has 0 amide bonds. The van der Waals surface area contributed by atoms with Crippen LogP contribution in [0.5, 0.6) is 0 Å². The van der Waals surface area contributed by atoms with Crippen molar-refractivity contribution in [3.8, 4) is 0 Å². The molecule has 1 aromatic rings. The van der Waals surface area contributed by atoms with Crippen molar-refractivity contribution in [2.75, 3.05) is 13.6 Å². The summed E-state index contributed by atoms with van der Waals surface area (Å²) in [4.78, 5) is -0.157. The highest BCUT2D eigenvalue weighted by molar-refractivity contribution is 7.89. The highest BCUT2D eigenvalue weighted by atomic mass is 35.5. The normalized spacial score (nSPS) is 12.6. The lowest BCUT2D eigenvalue weighted by atomic mass is 10.2. The largest absolute Gasteiger partial charge is 0.310 e. The molecule has 0 atom stereocenters. The average molecular weight is 341 g/mol. The molecule has 1 N–H and O–H groups in total. The van der Waals surface area contributed by atoms with Crippen molar-refractivity contribution in [2.45, 2.75) is 37.8 Å². The van der Waals surface area contributed by atoms with Crippen LogP contribution >= 0.6 is 11.6 Å². The maximum Gasteiger partial charge on any atom is 0.252 e. The van der Waals surface area contributed by atoms with E-state index in [1.807, 2.05) is 13.8 Å². The van der Waals surface area contributed by atoms with E-state index in [0.29, 0.717) is 10.8 Å². The van der Waals surface area contributed by atoms with Gasteiger partial charge in [0.2, 0.25) is 10.0 Å². The first-order valence-corrected chi connectivity index (χ1v) is 8.22. The Balaban J connectivity index is 3.07. The Bertz CT molecular complexity index is 580. The summed E-state index contributed by atoms with van der Waals surface area (Å²) in [5, 5.41) is 3.17. The van der Waals surface area contributed by atoms with Crippen molar-refractivity contribution in [1.82, 2.24) is 9.62 Å². The number of benzene rings is 1. The third-order valence-corrected chi connectivity index (χ3v) is 5.10. The predicted octanol–water partition coefficient (Wildman–Crippen LogP) is 2.72. The molecular weight excluding hydrogens is 322 g/mol. The molecule has 0 aliphatic carbocycles. The van der Waals surface area contributed by atoms with Crippen molar-refractivity contribution in [1.29, 1.82) is 0 Å². The number of halogens is 3. The molecule has 8 heteroatoms. The van der Waals surface area contributed by atoms with Crippen LogP contribution in [0.1, 0.15) is 19.4 Å². The van der Waals surface area contributed by atoms with Crippen LogP contribution in [0.2, 0.25) is 5.02 Å². The summed E-state index contributed by atoms with van der Waals surface area (Å²) in [7, 11) is -2.92. The van der Waals surface area contributed by atoms with Crippen LogP contribution in [0.3, 0.4) is 0 Å². The Labute approximate surface area is 129 Å². The van der Waals surface area contributed by atoms with Gasteiger partial charge in [0.05, 0.1) is 11.6 Å². The van der Waals surface area contributed by atoms with E-state index in [4.69, 9.17) is 11.6 Å². The van der Waals surface area contributed by atoms with Crippen molar-refractivity contribution < 1.29 is 17.2 Å². The van der Waals surface area contributed by atoms with Gasteiger partial charge in [0.15, 0.2) is 0 Å². The lowest BCUT2D eigenvalue weighted by Gasteiger charge is -2.18. The minimum absolute atomic E-state index is 0.0180. The summed E-state index contributed by atoms with van der Waals surface area (Å²) in [6, 6.07) is 4.81. The molecular formula is C13H19ClF2N2O2S. The fourth-order valence-electron chi connectivity index (χ4n) is 1.64. The number of hydrogen-bond donors (Lipinski definition) is 1. The van der Waals surface area contributed by atoms with E-state index in [0.717, 1.165) is 12.6 Å². The second-order valence-corrected chi connectivity index (χ2v) is 7.40. The van der Waals surface area contributed by atoms with Crippen LogP contribution in [0.15, 0.2) is 23.1 Å². The summed E-state index contributed by atoms with van der Waals surface area (Å²) in [5.74, 6) is 0. The fraction of sp³-hybridized carbons (Fsp3) is 0.538. The Hall–Kier alpha value is -0.760. The summed E-state index contributed by atoms with van der Waals surface area (Å²) in [6.45, 7) is 3.52. The van der Waals surface area contributed by atoms with Crippen LogP contribution < -0.4 is 5.32 Å². The first-order chi connectivity index (χ1) is 9.64. The van der Waals surface area contributed by atoms with E-state index in [1.54, 1.807) is 6.07 Å². The summed E-state index contributed by atoms with van der Waals surface area (Å²) in [5.41, 5.74) is 0.720. The molecule has 21 heavy (non-hydrogen) atoms. The SMILES string of the molecule is CC(C)NCc1ccc(Cl)c(S(=O)(=O)N(C)CC(F)F)c1. The van der Waals surface area contributed by atoms with Gasteiger partial charge in [0.1, 0.15) is 4.90 Å². The number of hydrogen-bond acceptors (Lipinski definition) is 3. The fourth-order valence-corrected chi connectivity index (χ4v) is 3.31. The maximum atomic E-state index is 12.4. The number of rotatable bonds is 7. The first kappa shape index (κ1) is 18.3. The monoisotopic (exact) mass is 340 g/mol. The predicted molar refractivity (Wildman–Crippen MR) is 79.2 cm³/mol. The van der Waals surface area contributed by atoms with Gasteiger partial charge >= 0.3 is 0 Å². The maximum absolute atomic E-state index is 12.4. The van der Waals surface area contributed by atoms with Crippen LogP contribution in [-0.4, -0.2) is 38.8 Å². The zero-order valence-corrected chi connectivity index (χ0v) is 13.7. The third kappa shape index (κ3) is 5.18. The van der Waals surface area contributed by atoms with E-state index < -0.39 is 23.0 Å². The van der Waals surface area contributed by atoms with E-state index in [2.05, 4.69) is 5.32 Å². The van der Waals surface area contributed by atoms with Gasteiger partial charge in [-0.25, -0.2) is 17.2 Å². The van der Waals surface area contributed by atoms with Gasteiger partial charge in [-0.2, -0.15) is 4.31 Å². The second-order valence-electron chi connectivity index (χ2n) is 4.98. The summed E-state index contributed by atoms with van der Waals surface area (Å²) >= 11 is 5.91. The molecule has 0 spiro atoms. The summed E-state index contributed by atoms with van der Waals surface area (Å²) < 4.78 is 49.9. The molecule has 0 fully saturated rings. The standard InChI is InChI=1S/C13H19ClF2N2O2S/c1-9(2)17-7-10-4-5-11(14)12(6-10)21(19,20)18(3)8-13(15)16/h4-6,9,13,17H,7-8H2,1-3H3. The van der Waals surface area contributed by atoms with E-state index >= 15 is 0 Å². The molecule has 1 aromatic carbocycles. The first-order valence-electron chi connectivity index (χ1n) is 6.41. The van der Waals surface area contributed by atoms with Crippen molar-refractivity contribution in [2.24, 2.45) is 0 Å². The zero-order valence-electron chi connectivity index (χ0n) is 12.1. The molecule has 0 saturated carbocycles. The smallest absolute Gasteiger partial charge is 0.252 e. The molecule has 0 aliphatic heterocycles. The molecule has 4 nitrogen and oxygen atoms in total. The van der Waals surface area contributed by atoms with Crippen molar-refractivity contribution in [3.63, 3.8) is 0 Å². The molecule has 1 rings (SSSR count). The van der Waals surface area contributed by atoms with Gasteiger partial charge in [-0.05, 0) is 17.7 Å². The van der Waals surface area contributed by atoms with Gasteiger partial charge in [-0.3, -0.25) is 0 Å². The molecule has 120 valence electrons. The van der Waals surface area contributed by atoms with Crippen LogP contribution in [0.25, 0.3) is 0 Å². The quantitative estimate of drug-likeness (QED) is 0.830. The lowest BCUT2D eigenvalue weighted by Crippen LogP contribution is -2.31. The molecule has 0 saturated heterocycles. The lowest BCUT2D eigenvalue weighted by molar-refractivity contribution is 0.126. The van der Waals surface area contributed by atoms with Gasteiger partial charge in [-0.1, -0.05) is 31.5 Å². The van der Waals surface area contributed by atoms with Gasteiger partial charge in [0.25, 0.3) is 6.43 Å². The minimum atomic E-state index is -4.03. The second kappa shape index (κ2) is 7.49. The summed E-state index contributed by atoms with van der Waals surface area (Å²) in [6.07, 6.45) is -2.74. The molecule has 0 bridgehead atoms. The van der Waals surface area contributed by atoms with Gasteiger partial charge < -0.3 is 5.32 Å². The zero-order chi connectivity index (χ0) is 16.2. The van der Waals surface area contributed by atoms with E-state index in [-0.39, 0.29) is 16.0 Å². The Morgan fingerprint density at radius 2 is 1.95 bits per heavy atom. The number of nitrogens with zero attached hydrogens (tertiary/aromatic N) is 1. The van der Waals surface area contributed by atoms with E-state index in [1.165, 1.54) is 12.1 Å². The number of nitrogens with one attached hydrogen (secondary N) is 1. The van der Waals surface area contributed by atoms with Crippen LogP contribution in [-0.2, 0) is 16.6 Å². The Kier molecular flexibility index (Phi) is 6.52. The molecule has 0 radical (unpaired) electrons. The van der Waals surface area contributed by atoms with Crippen LogP contribution in [0.4, 0.5) is 8.78 Å².